The predicted molar refractivity (Wildman–Crippen MR) is 75.8 cm³/mol. The summed E-state index contributed by atoms with van der Waals surface area (Å²) in [6.07, 6.45) is 1.31. The van der Waals surface area contributed by atoms with Gasteiger partial charge in [0.25, 0.3) is 0 Å². The third kappa shape index (κ3) is 2.93. The van der Waals surface area contributed by atoms with E-state index in [-0.39, 0.29) is 0 Å². The largest absolute Gasteiger partial charge is 0.399 e. The number of thioether (sulfide) groups is 1. The molecule has 1 aliphatic heterocycles. The van der Waals surface area contributed by atoms with Crippen LogP contribution in [0.3, 0.4) is 0 Å². The summed E-state index contributed by atoms with van der Waals surface area (Å²) in [5.41, 5.74) is 7.86. The van der Waals surface area contributed by atoms with Gasteiger partial charge in [0, 0.05) is 28.5 Å². The van der Waals surface area contributed by atoms with Crippen molar-refractivity contribution in [3.05, 3.63) is 28.2 Å². The van der Waals surface area contributed by atoms with Gasteiger partial charge in [-0.05, 0) is 36.9 Å². The van der Waals surface area contributed by atoms with Gasteiger partial charge in [0.05, 0.1) is 0 Å². The maximum atomic E-state index is 5.73. The Kier molecular flexibility index (Phi) is 4.16. The van der Waals surface area contributed by atoms with Crippen LogP contribution in [0.4, 0.5) is 5.69 Å². The summed E-state index contributed by atoms with van der Waals surface area (Å²) in [6.45, 7) is 0.992. The van der Waals surface area contributed by atoms with Crippen LogP contribution < -0.4 is 5.73 Å². The zero-order valence-electron chi connectivity index (χ0n) is 9.45. The summed E-state index contributed by atoms with van der Waals surface area (Å²) in [5, 5.41) is 0. The molecule has 4 heteroatoms. The zero-order valence-corrected chi connectivity index (χ0v) is 11.9. The van der Waals surface area contributed by atoms with Gasteiger partial charge in [-0.3, -0.25) is 4.90 Å². The quantitative estimate of drug-likeness (QED) is 0.870. The van der Waals surface area contributed by atoms with Crippen molar-refractivity contribution in [3.8, 4) is 0 Å². The number of rotatable bonds is 3. The lowest BCUT2D eigenvalue weighted by Crippen LogP contribution is -2.30. The first kappa shape index (κ1) is 12.3. The van der Waals surface area contributed by atoms with Gasteiger partial charge in [0.15, 0.2) is 0 Å². The van der Waals surface area contributed by atoms with Gasteiger partial charge in [-0.2, -0.15) is 11.8 Å². The highest BCUT2D eigenvalue weighted by atomic mass is 79.9. The van der Waals surface area contributed by atoms with Crippen molar-refractivity contribution in [3.63, 3.8) is 0 Å². The third-order valence-electron chi connectivity index (χ3n) is 3.03. The fraction of sp³-hybridized carbons (Fsp3) is 0.500. The van der Waals surface area contributed by atoms with Gasteiger partial charge in [-0.15, -0.1) is 0 Å². The molecule has 0 radical (unpaired) electrons. The minimum absolute atomic E-state index is 0.731. The maximum absolute atomic E-state index is 5.73. The van der Waals surface area contributed by atoms with Crippen LogP contribution in [0, 0.1) is 0 Å². The van der Waals surface area contributed by atoms with E-state index in [0.717, 1.165) is 22.7 Å². The summed E-state index contributed by atoms with van der Waals surface area (Å²) >= 11 is 5.63. The molecular weight excluding hydrogens is 284 g/mol. The van der Waals surface area contributed by atoms with Crippen LogP contribution in [-0.4, -0.2) is 29.5 Å². The maximum Gasteiger partial charge on any atom is 0.0325 e. The molecule has 1 unspecified atom stereocenters. The van der Waals surface area contributed by atoms with Gasteiger partial charge in [0.1, 0.15) is 0 Å². The second-order valence-corrected chi connectivity index (χ2v) is 6.29. The van der Waals surface area contributed by atoms with E-state index in [0.29, 0.717) is 0 Å². The minimum atomic E-state index is 0.731. The SMILES string of the molecule is CN(Cc1ccc(N)cc1Br)C1CCSC1. The highest BCUT2D eigenvalue weighted by Crippen LogP contribution is 2.25. The number of halogens is 1. The smallest absolute Gasteiger partial charge is 0.0325 e. The van der Waals surface area contributed by atoms with Gasteiger partial charge in [-0.25, -0.2) is 0 Å². The molecule has 1 aromatic carbocycles. The Hall–Kier alpha value is -0.190. The van der Waals surface area contributed by atoms with Crippen LogP contribution in [0.2, 0.25) is 0 Å². The predicted octanol–water partition coefficient (Wildman–Crippen LogP) is 2.97. The van der Waals surface area contributed by atoms with Crippen LogP contribution in [0.1, 0.15) is 12.0 Å². The van der Waals surface area contributed by atoms with E-state index >= 15 is 0 Å². The van der Waals surface area contributed by atoms with Crippen molar-refractivity contribution in [1.29, 1.82) is 0 Å². The molecule has 1 aliphatic rings. The van der Waals surface area contributed by atoms with E-state index in [1.54, 1.807) is 0 Å². The lowest BCUT2D eigenvalue weighted by molar-refractivity contribution is 0.254. The average molecular weight is 301 g/mol. The highest BCUT2D eigenvalue weighted by Gasteiger charge is 2.20. The van der Waals surface area contributed by atoms with E-state index in [2.05, 4.69) is 45.7 Å². The molecular formula is C12H17BrN2S. The molecule has 2 nitrogen and oxygen atoms in total. The molecule has 0 amide bonds. The molecule has 88 valence electrons. The number of nitrogens with zero attached hydrogens (tertiary/aromatic N) is 1. The summed E-state index contributed by atoms with van der Waals surface area (Å²) in [6, 6.07) is 6.79. The topological polar surface area (TPSA) is 29.3 Å². The van der Waals surface area contributed by atoms with Crippen LogP contribution >= 0.6 is 27.7 Å². The van der Waals surface area contributed by atoms with Crippen molar-refractivity contribution in [1.82, 2.24) is 4.90 Å². The van der Waals surface area contributed by atoms with Crippen molar-refractivity contribution < 1.29 is 0 Å². The van der Waals surface area contributed by atoms with E-state index < -0.39 is 0 Å². The molecule has 1 atom stereocenters. The van der Waals surface area contributed by atoms with Crippen molar-refractivity contribution in [2.24, 2.45) is 0 Å². The molecule has 2 N–H and O–H groups in total. The standard InChI is InChI=1S/C12H17BrN2S/c1-15(11-4-5-16-8-11)7-9-2-3-10(14)6-12(9)13/h2-3,6,11H,4-5,7-8,14H2,1H3. The van der Waals surface area contributed by atoms with Crippen LogP contribution in [-0.2, 0) is 6.54 Å². The number of hydrogen-bond donors (Lipinski definition) is 1. The van der Waals surface area contributed by atoms with E-state index in [9.17, 15) is 0 Å². The third-order valence-corrected chi connectivity index (χ3v) is 4.91. The minimum Gasteiger partial charge on any atom is -0.399 e. The van der Waals surface area contributed by atoms with Crippen molar-refractivity contribution >= 4 is 33.4 Å². The number of benzene rings is 1. The molecule has 1 heterocycles. The van der Waals surface area contributed by atoms with Crippen LogP contribution in [0.5, 0.6) is 0 Å². The summed E-state index contributed by atoms with van der Waals surface area (Å²) in [7, 11) is 2.21. The monoisotopic (exact) mass is 300 g/mol. The number of nitrogen functional groups attached to an aromatic ring is 1. The molecule has 1 saturated heterocycles. The molecule has 16 heavy (non-hydrogen) atoms. The Bertz CT molecular complexity index is 364. The molecule has 1 aromatic rings. The first-order valence-corrected chi connectivity index (χ1v) is 7.43. The van der Waals surface area contributed by atoms with Gasteiger partial charge < -0.3 is 5.73 Å². The Labute approximate surface area is 110 Å². The second-order valence-electron chi connectivity index (χ2n) is 4.28. The Morgan fingerprint density at radius 3 is 3.00 bits per heavy atom. The van der Waals surface area contributed by atoms with Crippen LogP contribution in [0.25, 0.3) is 0 Å². The lowest BCUT2D eigenvalue weighted by Gasteiger charge is -2.24. The summed E-state index contributed by atoms with van der Waals surface area (Å²) < 4.78 is 1.12. The fourth-order valence-corrected chi connectivity index (χ4v) is 3.78. The number of nitrogens with two attached hydrogens (primary N) is 1. The zero-order chi connectivity index (χ0) is 11.5. The molecule has 0 aromatic heterocycles. The first-order chi connectivity index (χ1) is 7.66. The first-order valence-electron chi connectivity index (χ1n) is 5.48. The van der Waals surface area contributed by atoms with E-state index in [4.69, 9.17) is 5.73 Å². The summed E-state index contributed by atoms with van der Waals surface area (Å²) in [4.78, 5) is 2.44. The van der Waals surface area contributed by atoms with Gasteiger partial charge >= 0.3 is 0 Å². The molecule has 2 rings (SSSR count). The lowest BCUT2D eigenvalue weighted by atomic mass is 10.1. The Morgan fingerprint density at radius 2 is 2.38 bits per heavy atom. The van der Waals surface area contributed by atoms with Gasteiger partial charge in [0.2, 0.25) is 0 Å². The Morgan fingerprint density at radius 1 is 1.56 bits per heavy atom. The average Bonchev–Trinajstić information content (AvgIpc) is 2.75. The van der Waals surface area contributed by atoms with Crippen LogP contribution in [0.15, 0.2) is 22.7 Å². The number of hydrogen-bond acceptors (Lipinski definition) is 3. The highest BCUT2D eigenvalue weighted by molar-refractivity contribution is 9.10. The molecule has 0 bridgehead atoms. The summed E-state index contributed by atoms with van der Waals surface area (Å²) in [5.74, 6) is 2.57. The molecule has 0 saturated carbocycles. The fourth-order valence-electron chi connectivity index (χ4n) is 1.96. The molecule has 1 fully saturated rings. The second kappa shape index (κ2) is 5.43. The Balaban J connectivity index is 2.02. The molecule has 0 aliphatic carbocycles. The van der Waals surface area contributed by atoms with Crippen molar-refractivity contribution in [2.45, 2.75) is 19.0 Å². The van der Waals surface area contributed by atoms with Crippen molar-refractivity contribution in [2.75, 3.05) is 24.3 Å². The van der Waals surface area contributed by atoms with E-state index in [1.165, 1.54) is 23.5 Å². The number of anilines is 1. The van der Waals surface area contributed by atoms with E-state index in [1.807, 2.05) is 12.1 Å². The molecule has 0 spiro atoms. The normalized spacial score (nSPS) is 20.6. The van der Waals surface area contributed by atoms with Gasteiger partial charge in [-0.1, -0.05) is 22.0 Å².